The van der Waals surface area contributed by atoms with Gasteiger partial charge in [0.05, 0.1) is 23.6 Å². The summed E-state index contributed by atoms with van der Waals surface area (Å²) in [5.74, 6) is -6.33. The van der Waals surface area contributed by atoms with E-state index in [1.807, 2.05) is 20.8 Å². The number of nitrogens with zero attached hydrogens (tertiary/aromatic N) is 9. The zero-order chi connectivity index (χ0) is 71.1. The molecule has 3 N–H and O–H groups in total. The fourth-order valence-corrected chi connectivity index (χ4v) is 13.1. The number of terminal acetylenes is 1. The Balaban J connectivity index is 1.51. The molecule has 28 heteroatoms. The van der Waals surface area contributed by atoms with Crippen LogP contribution in [-0.4, -0.2) is 251 Å². The Bertz CT molecular complexity index is 3010. The summed E-state index contributed by atoms with van der Waals surface area (Å²) >= 11 is 6.06. The number of nitrogens with one attached hydrogen (secondary N) is 3. The van der Waals surface area contributed by atoms with Crippen LogP contribution >= 0.6 is 11.6 Å². The molecule has 0 aliphatic carbocycles. The van der Waals surface area contributed by atoms with Gasteiger partial charge in [0.25, 0.3) is 0 Å². The summed E-state index contributed by atoms with van der Waals surface area (Å²) < 4.78 is 41.0. The van der Waals surface area contributed by atoms with Crippen molar-refractivity contribution in [2.45, 2.75) is 205 Å². The predicted molar refractivity (Wildman–Crippen MR) is 349 cm³/mol. The van der Waals surface area contributed by atoms with Crippen molar-refractivity contribution < 1.29 is 70.7 Å². The third kappa shape index (κ3) is 19.8. The van der Waals surface area contributed by atoms with Gasteiger partial charge in [-0.25, -0.2) is 0 Å². The largest absolute Gasteiger partial charge is 0.417 e. The van der Waals surface area contributed by atoms with Gasteiger partial charge in [0, 0.05) is 87.9 Å². The van der Waals surface area contributed by atoms with Crippen LogP contribution in [0.1, 0.15) is 149 Å². The molecule has 0 unspecified atom stereocenters. The number of hydrogen-bond acceptors (Lipinski definition) is 12. The Morgan fingerprint density at radius 1 is 0.684 bits per heavy atom. The van der Waals surface area contributed by atoms with Crippen molar-refractivity contribution in [1.82, 2.24) is 60.0 Å². The van der Waals surface area contributed by atoms with Crippen molar-refractivity contribution in [2.24, 2.45) is 17.8 Å². The Hall–Kier alpha value is -7.50. The van der Waals surface area contributed by atoms with Crippen LogP contribution in [-0.2, 0) is 70.1 Å². The molecule has 95 heavy (non-hydrogen) atoms. The van der Waals surface area contributed by atoms with Crippen LogP contribution in [0.2, 0.25) is 5.02 Å². The highest BCUT2D eigenvalue weighted by atomic mass is 35.5. The Labute approximate surface area is 562 Å². The summed E-state index contributed by atoms with van der Waals surface area (Å²) in [7, 11) is 8.34. The standard InChI is InChI=1S/C67H100ClF3N12O12/c1-15-23-49-62(91)75(9)39-53(84)73-47(29-27-44-26-28-45(46(68)37-44)67(69,70)71)61(90)82-34-22-24-48(82)58(87)72-31-19-18-25-54(85)80(14)57(41(5)6)66(95)79(13)52(64(93)81-32-20-17-21-33-81)38-55(86)77(11)51(36-40(3)4)59(88)74-56(42(7)16-2)65(94)76(10)43(8)60(89)83-35-30-50(83)63(92)78(49)12/h1,26,28,37,40-43,47-52,56-57H,16-25,27,29-36,38-39H2,2-14H3,(H,72,87)(H,73,84)(H,74,88)/t42-,43-,47-,48-,49-,50-,51-,52-,56-,57-/m0/s1. The molecule has 4 aliphatic rings. The minimum absolute atomic E-state index is 0.0545. The summed E-state index contributed by atoms with van der Waals surface area (Å²) in [6, 6.07) is -7.79. The van der Waals surface area contributed by atoms with Gasteiger partial charge in [-0.05, 0) is 113 Å². The first kappa shape index (κ1) is 78.2. The molecule has 1 aromatic carbocycles. The number of likely N-dealkylation sites (N-methyl/N-ethyl adjacent to an activating group) is 6. The Morgan fingerprint density at radius 2 is 1.34 bits per heavy atom. The van der Waals surface area contributed by atoms with Gasteiger partial charge < -0.3 is 60.0 Å². The van der Waals surface area contributed by atoms with Crippen LogP contribution in [0.15, 0.2) is 18.2 Å². The van der Waals surface area contributed by atoms with Crippen LogP contribution in [0.5, 0.6) is 0 Å². The molecule has 4 aliphatic heterocycles. The number of alkyl halides is 3. The van der Waals surface area contributed by atoms with Crippen molar-refractivity contribution in [3.05, 3.63) is 34.3 Å². The maximum Gasteiger partial charge on any atom is 0.417 e. The topological polar surface area (TPSA) is 270 Å². The summed E-state index contributed by atoms with van der Waals surface area (Å²) in [6.45, 7) is 12.6. The number of fused-ring (bicyclic) bond motifs is 2. The van der Waals surface area contributed by atoms with Crippen LogP contribution in [0, 0.1) is 30.1 Å². The first-order valence-electron chi connectivity index (χ1n) is 33.2. The molecule has 4 heterocycles. The number of carbonyl (C=O) groups is 12. The van der Waals surface area contributed by atoms with Gasteiger partial charge in [-0.2, -0.15) is 13.2 Å². The molecule has 528 valence electrons. The van der Waals surface area contributed by atoms with Crippen LogP contribution < -0.4 is 16.0 Å². The molecule has 5 rings (SSSR count). The van der Waals surface area contributed by atoms with Gasteiger partial charge in [-0.3, -0.25) is 57.5 Å². The van der Waals surface area contributed by atoms with Gasteiger partial charge in [0.2, 0.25) is 70.9 Å². The fraction of sp³-hybridized carbons (Fsp3) is 0.701. The number of piperidine rings is 1. The molecule has 10 atom stereocenters. The number of carbonyl (C=O) groups excluding carboxylic acids is 12. The van der Waals surface area contributed by atoms with E-state index in [0.29, 0.717) is 50.8 Å². The summed E-state index contributed by atoms with van der Waals surface area (Å²) in [6.07, 6.45) is 4.01. The van der Waals surface area contributed by atoms with E-state index in [1.165, 1.54) is 84.7 Å². The van der Waals surface area contributed by atoms with Crippen molar-refractivity contribution in [2.75, 3.05) is 81.6 Å². The Morgan fingerprint density at radius 3 is 1.92 bits per heavy atom. The van der Waals surface area contributed by atoms with Gasteiger partial charge in [-0.15, -0.1) is 12.3 Å². The SMILES string of the molecule is C#CC[C@H]1C(=O)N(C)CC(=O)N[C@@H](CCc2ccc(C(F)(F)F)c(Cl)c2)C(=O)N2CCC[C@H]2C(=O)NCCCCC(=O)N(C)[C@@H](C(C)C)C(=O)N(C)[C@H](C(=O)N2CCCCC2)CC(=O)N(C)[C@@H](CC(C)C)C(=O)N[C@@H]([C@@H](C)CC)C(=O)N(C)[C@@H](C)C(=O)N2CC[C@H]2C(=O)N1C. The van der Waals surface area contributed by atoms with Crippen molar-refractivity contribution in [1.29, 1.82) is 0 Å². The minimum Gasteiger partial charge on any atom is -0.354 e. The number of hydrogen-bond donors (Lipinski definition) is 3. The van der Waals surface area contributed by atoms with E-state index in [-0.39, 0.29) is 76.9 Å². The molecule has 12 amide bonds. The molecule has 4 fully saturated rings. The summed E-state index contributed by atoms with van der Waals surface area (Å²) in [4.78, 5) is 185. The average Bonchev–Trinajstić information content (AvgIpc) is 1.34. The van der Waals surface area contributed by atoms with E-state index in [9.17, 15) is 70.7 Å². The van der Waals surface area contributed by atoms with Crippen molar-refractivity contribution in [3.63, 3.8) is 0 Å². The van der Waals surface area contributed by atoms with Crippen molar-refractivity contribution >= 4 is 82.5 Å². The molecule has 0 saturated carbocycles. The van der Waals surface area contributed by atoms with Gasteiger partial charge in [-0.1, -0.05) is 65.6 Å². The molecule has 1 aromatic rings. The molecule has 0 aromatic heterocycles. The summed E-state index contributed by atoms with van der Waals surface area (Å²) in [5.41, 5.74) is -0.773. The number of likely N-dealkylation sites (tertiary alicyclic amines) is 1. The van der Waals surface area contributed by atoms with Gasteiger partial charge in [0.15, 0.2) is 0 Å². The quantitative estimate of drug-likeness (QED) is 0.281. The first-order chi connectivity index (χ1) is 44.6. The van der Waals surface area contributed by atoms with Gasteiger partial charge in [0.1, 0.15) is 54.4 Å². The average molecular weight is 1360 g/mol. The molecule has 24 nitrogen and oxygen atoms in total. The zero-order valence-electron chi connectivity index (χ0n) is 57.5. The lowest BCUT2D eigenvalue weighted by Crippen LogP contribution is -2.65. The molecule has 0 radical (unpaired) electrons. The molecular formula is C67H100ClF3N12O12. The third-order valence-corrected chi connectivity index (χ3v) is 19.5. The second-order valence-corrected chi connectivity index (χ2v) is 27.1. The molecule has 4 saturated heterocycles. The van der Waals surface area contributed by atoms with Gasteiger partial charge >= 0.3 is 6.18 Å². The number of halogens is 4. The smallest absolute Gasteiger partial charge is 0.354 e. The van der Waals surface area contributed by atoms with Crippen LogP contribution in [0.3, 0.4) is 0 Å². The highest BCUT2D eigenvalue weighted by molar-refractivity contribution is 6.31. The lowest BCUT2D eigenvalue weighted by Gasteiger charge is -2.45. The van der Waals surface area contributed by atoms with E-state index in [0.717, 1.165) is 28.4 Å². The lowest BCUT2D eigenvalue weighted by molar-refractivity contribution is -0.160. The maximum absolute atomic E-state index is 14.9. The summed E-state index contributed by atoms with van der Waals surface area (Å²) in [5, 5.41) is 7.83. The van der Waals surface area contributed by atoms with Crippen molar-refractivity contribution in [3.8, 4) is 12.3 Å². The number of amides is 12. The fourth-order valence-electron chi connectivity index (χ4n) is 12.8. The predicted octanol–water partition coefficient (Wildman–Crippen LogP) is 3.94. The number of aryl methyl sites for hydroxylation is 1. The molecule has 0 spiro atoms. The molecule has 0 bridgehead atoms. The first-order valence-corrected chi connectivity index (χ1v) is 33.6. The van der Waals surface area contributed by atoms with E-state index in [1.54, 1.807) is 25.7 Å². The monoisotopic (exact) mass is 1360 g/mol. The number of benzene rings is 1. The van der Waals surface area contributed by atoms with E-state index < -0.39 is 167 Å². The maximum atomic E-state index is 14.9. The minimum atomic E-state index is -4.75. The Kier molecular flexibility index (Phi) is 28.8. The van der Waals surface area contributed by atoms with E-state index in [4.69, 9.17) is 18.0 Å². The van der Waals surface area contributed by atoms with E-state index >= 15 is 0 Å². The molecular weight excluding hydrogens is 1260 g/mol. The third-order valence-electron chi connectivity index (χ3n) is 19.2. The normalized spacial score (nSPS) is 26.5. The second kappa shape index (κ2) is 35.0. The lowest BCUT2D eigenvalue weighted by atomic mass is 9.95. The highest BCUT2D eigenvalue weighted by Crippen LogP contribution is 2.36. The highest BCUT2D eigenvalue weighted by Gasteiger charge is 2.47. The van der Waals surface area contributed by atoms with Crippen LogP contribution in [0.25, 0.3) is 0 Å². The van der Waals surface area contributed by atoms with E-state index in [2.05, 4.69) is 21.9 Å². The number of rotatable bonds is 10. The second-order valence-electron chi connectivity index (χ2n) is 26.7. The zero-order valence-corrected chi connectivity index (χ0v) is 58.3. The van der Waals surface area contributed by atoms with Crippen LogP contribution in [0.4, 0.5) is 13.2 Å².